The number of carbonyl (C=O) groups excluding carboxylic acids is 3. The third kappa shape index (κ3) is 6.68. The molecule has 1 saturated carbocycles. The Morgan fingerprint density at radius 3 is 2.58 bits per heavy atom. The van der Waals surface area contributed by atoms with E-state index < -0.39 is 18.7 Å². The van der Waals surface area contributed by atoms with E-state index in [-0.39, 0.29) is 5.91 Å². The zero-order chi connectivity index (χ0) is 28.1. The van der Waals surface area contributed by atoms with Crippen LogP contribution in [0.3, 0.4) is 0 Å². The Hall–Kier alpha value is -3.34. The van der Waals surface area contributed by atoms with Crippen molar-refractivity contribution in [2.45, 2.75) is 45.4 Å². The lowest BCUT2D eigenvalue weighted by Gasteiger charge is -2.34. The van der Waals surface area contributed by atoms with Crippen LogP contribution in [0, 0.1) is 5.92 Å². The molecule has 210 valence electrons. The summed E-state index contributed by atoms with van der Waals surface area (Å²) in [5.74, 6) is -0.719. The van der Waals surface area contributed by atoms with Crippen LogP contribution in [0.4, 0.5) is 5.69 Å². The van der Waals surface area contributed by atoms with Gasteiger partial charge in [0.15, 0.2) is 0 Å². The second-order valence-corrected chi connectivity index (χ2v) is 12.0. The smallest absolute Gasteiger partial charge is 0.351 e. The van der Waals surface area contributed by atoms with Gasteiger partial charge in [-0.25, -0.2) is 9.78 Å². The van der Waals surface area contributed by atoms with Gasteiger partial charge in [0.25, 0.3) is 5.91 Å². The molecule has 1 N–H and O–H groups in total. The van der Waals surface area contributed by atoms with Crippen LogP contribution in [0.2, 0.25) is 0 Å². The highest BCUT2D eigenvalue weighted by atomic mass is 32.1. The number of esters is 2. The lowest BCUT2D eigenvalue weighted by atomic mass is 9.78. The van der Waals surface area contributed by atoms with Gasteiger partial charge < -0.3 is 19.7 Å². The molecule has 0 bridgehead atoms. The number of carbonyl (C=O) groups is 3. The molecule has 2 aromatic heterocycles. The summed E-state index contributed by atoms with van der Waals surface area (Å²) in [5.41, 5.74) is 7.21. The molecule has 1 fully saturated rings. The van der Waals surface area contributed by atoms with Gasteiger partial charge in [-0.1, -0.05) is 31.4 Å². The molecule has 5 rings (SSSR count). The van der Waals surface area contributed by atoms with Gasteiger partial charge in [-0.15, -0.1) is 22.7 Å². The summed E-state index contributed by atoms with van der Waals surface area (Å²) in [7, 11) is 2.15. The molecule has 0 spiro atoms. The molecule has 3 aromatic rings. The molecule has 0 saturated heterocycles. The summed E-state index contributed by atoms with van der Waals surface area (Å²) < 4.78 is 10.2. The van der Waals surface area contributed by atoms with Crippen LogP contribution in [-0.2, 0) is 14.3 Å². The first kappa shape index (κ1) is 28.2. The molecule has 0 atom stereocenters. The molecule has 1 aliphatic carbocycles. The van der Waals surface area contributed by atoms with Crippen molar-refractivity contribution >= 4 is 51.8 Å². The number of hydrogen-bond acceptors (Lipinski definition) is 9. The van der Waals surface area contributed by atoms with Gasteiger partial charge in [0.05, 0.1) is 5.51 Å². The normalized spacial score (nSPS) is 16.6. The standard InChI is InChI=1S/C30H33N3O5S2/c1-19(34)37-18-38-30(36)28-24(23-12-13-33(2)15-25(23)20-6-4-3-5-7-20)14-27(40-28)21-8-10-22(11-9-21)32-29(35)26-16-39-17-31-26/h8-11,14,16-17,20H,3-7,12-13,15,18H2,1-2H3,(H,32,35). The van der Waals surface area contributed by atoms with Crippen molar-refractivity contribution in [3.05, 3.63) is 62.9 Å². The molecule has 2 aliphatic rings. The van der Waals surface area contributed by atoms with Gasteiger partial charge in [0, 0.05) is 41.5 Å². The van der Waals surface area contributed by atoms with Crippen molar-refractivity contribution < 1.29 is 23.9 Å². The highest BCUT2D eigenvalue weighted by molar-refractivity contribution is 7.17. The van der Waals surface area contributed by atoms with E-state index in [0.29, 0.717) is 22.2 Å². The number of aromatic nitrogens is 1. The van der Waals surface area contributed by atoms with Crippen molar-refractivity contribution in [2.24, 2.45) is 5.92 Å². The average Bonchev–Trinajstić information content (AvgIpc) is 3.65. The van der Waals surface area contributed by atoms with Crippen molar-refractivity contribution in [2.75, 3.05) is 32.2 Å². The summed E-state index contributed by atoms with van der Waals surface area (Å²) in [6.07, 6.45) is 7.00. The zero-order valence-corrected chi connectivity index (χ0v) is 24.4. The van der Waals surface area contributed by atoms with Crippen molar-refractivity contribution in [3.63, 3.8) is 0 Å². The van der Waals surface area contributed by atoms with Crippen molar-refractivity contribution in [1.29, 1.82) is 0 Å². The van der Waals surface area contributed by atoms with E-state index >= 15 is 0 Å². The topological polar surface area (TPSA) is 97.8 Å². The van der Waals surface area contributed by atoms with Gasteiger partial charge in [-0.3, -0.25) is 9.59 Å². The maximum atomic E-state index is 13.3. The number of anilines is 1. The van der Waals surface area contributed by atoms with Gasteiger partial charge in [-0.05, 0) is 67.1 Å². The minimum absolute atomic E-state index is 0.255. The minimum atomic E-state index is -0.500. The number of thiophene rings is 1. The highest BCUT2D eigenvalue weighted by Crippen LogP contribution is 2.43. The summed E-state index contributed by atoms with van der Waals surface area (Å²) in [6.45, 7) is 2.70. The largest absolute Gasteiger partial charge is 0.428 e. The molecule has 3 heterocycles. The van der Waals surface area contributed by atoms with E-state index in [1.807, 2.05) is 24.3 Å². The van der Waals surface area contributed by atoms with Crippen LogP contribution in [0.5, 0.6) is 0 Å². The summed E-state index contributed by atoms with van der Waals surface area (Å²) in [4.78, 5) is 44.8. The average molecular weight is 580 g/mol. The number of nitrogens with one attached hydrogen (secondary N) is 1. The molecule has 1 aromatic carbocycles. The quantitative estimate of drug-likeness (QED) is 0.241. The van der Waals surface area contributed by atoms with Crippen LogP contribution < -0.4 is 5.32 Å². The van der Waals surface area contributed by atoms with E-state index in [0.717, 1.165) is 35.5 Å². The third-order valence-corrected chi connectivity index (χ3v) is 9.21. The Morgan fingerprint density at radius 2 is 1.88 bits per heavy atom. The van der Waals surface area contributed by atoms with Gasteiger partial charge in [-0.2, -0.15) is 0 Å². The summed E-state index contributed by atoms with van der Waals surface area (Å²) >= 11 is 2.75. The zero-order valence-electron chi connectivity index (χ0n) is 22.7. The maximum absolute atomic E-state index is 13.3. The van der Waals surface area contributed by atoms with E-state index in [1.54, 1.807) is 10.9 Å². The SMILES string of the molecule is CC(=O)OCOC(=O)c1sc(-c2ccc(NC(=O)c3cscn3)cc2)cc1C1=C(C2CCCCC2)CN(C)CC1. The number of rotatable bonds is 8. The van der Waals surface area contributed by atoms with Crippen molar-refractivity contribution in [1.82, 2.24) is 9.88 Å². The Labute approximate surface area is 242 Å². The Bertz CT molecular complexity index is 1390. The monoisotopic (exact) mass is 579 g/mol. The third-order valence-electron chi connectivity index (χ3n) is 7.46. The Kier molecular flexibility index (Phi) is 9.08. The van der Waals surface area contributed by atoms with Crippen LogP contribution in [0.25, 0.3) is 16.0 Å². The summed E-state index contributed by atoms with van der Waals surface area (Å²) in [5, 5.41) is 4.58. The highest BCUT2D eigenvalue weighted by Gasteiger charge is 2.30. The summed E-state index contributed by atoms with van der Waals surface area (Å²) in [6, 6.07) is 9.66. The number of benzene rings is 1. The number of likely N-dealkylation sites (N-methyl/N-ethyl adjacent to an activating group) is 1. The molecular weight excluding hydrogens is 546 g/mol. The molecule has 0 unspecified atom stereocenters. The fraction of sp³-hybridized carbons (Fsp3) is 0.400. The van der Waals surface area contributed by atoms with E-state index in [4.69, 9.17) is 9.47 Å². The molecule has 1 amide bonds. The molecule has 8 nitrogen and oxygen atoms in total. The first-order valence-corrected chi connectivity index (χ1v) is 15.3. The Balaban J connectivity index is 1.47. The lowest BCUT2D eigenvalue weighted by Crippen LogP contribution is -2.31. The molecule has 0 radical (unpaired) electrons. The fourth-order valence-electron chi connectivity index (χ4n) is 5.44. The van der Waals surface area contributed by atoms with Gasteiger partial charge >= 0.3 is 11.9 Å². The maximum Gasteiger partial charge on any atom is 0.351 e. The molecule has 10 heteroatoms. The minimum Gasteiger partial charge on any atom is -0.428 e. The van der Waals surface area contributed by atoms with Crippen molar-refractivity contribution in [3.8, 4) is 10.4 Å². The van der Waals surface area contributed by atoms with Gasteiger partial charge in [0.1, 0.15) is 10.6 Å². The van der Waals surface area contributed by atoms with E-state index in [2.05, 4.69) is 28.3 Å². The van der Waals surface area contributed by atoms with E-state index in [9.17, 15) is 14.4 Å². The molecule has 1 aliphatic heterocycles. The first-order valence-electron chi connectivity index (χ1n) is 13.5. The Morgan fingerprint density at radius 1 is 1.10 bits per heavy atom. The fourth-order valence-corrected chi connectivity index (χ4v) is 7.06. The lowest BCUT2D eigenvalue weighted by molar-refractivity contribution is -0.149. The van der Waals surface area contributed by atoms with Crippen LogP contribution in [0.15, 0.2) is 46.8 Å². The van der Waals surface area contributed by atoms with E-state index in [1.165, 1.54) is 72.8 Å². The second-order valence-electron chi connectivity index (χ2n) is 10.3. The second kappa shape index (κ2) is 12.9. The van der Waals surface area contributed by atoms with Crippen LogP contribution in [0.1, 0.15) is 71.2 Å². The predicted octanol–water partition coefficient (Wildman–Crippen LogP) is 6.47. The van der Waals surface area contributed by atoms with Crippen LogP contribution in [-0.4, -0.2) is 54.7 Å². The molecular formula is C30H33N3O5S2. The first-order chi connectivity index (χ1) is 19.4. The number of amides is 1. The van der Waals surface area contributed by atoms with Gasteiger partial charge in [0.2, 0.25) is 6.79 Å². The number of ether oxygens (including phenoxy) is 2. The number of thiazole rings is 1. The van der Waals surface area contributed by atoms with Crippen LogP contribution >= 0.6 is 22.7 Å². The number of hydrogen-bond donors (Lipinski definition) is 1. The predicted molar refractivity (Wildman–Crippen MR) is 157 cm³/mol. The molecule has 40 heavy (non-hydrogen) atoms. The number of nitrogens with zero attached hydrogens (tertiary/aromatic N) is 2.